The molecule has 1 heteroatoms. The second kappa shape index (κ2) is 5.72. The lowest BCUT2D eigenvalue weighted by atomic mass is 9.95. The highest BCUT2D eigenvalue weighted by Crippen LogP contribution is 2.16. The molecule has 0 bridgehead atoms. The van der Waals surface area contributed by atoms with Gasteiger partial charge in [0.05, 0.1) is 6.10 Å². The summed E-state index contributed by atoms with van der Waals surface area (Å²) in [6, 6.07) is 0. The van der Waals surface area contributed by atoms with E-state index in [0.29, 0.717) is 5.92 Å². The molecule has 0 aromatic rings. The Morgan fingerprint density at radius 2 is 1.90 bits per heavy atom. The average Bonchev–Trinajstić information content (AvgIpc) is 1.89. The van der Waals surface area contributed by atoms with Crippen molar-refractivity contribution in [2.45, 2.75) is 52.6 Å². The van der Waals surface area contributed by atoms with E-state index in [4.69, 9.17) is 0 Å². The molecule has 0 fully saturated rings. The first-order valence-corrected chi connectivity index (χ1v) is 4.38. The van der Waals surface area contributed by atoms with Gasteiger partial charge in [-0.15, -0.1) is 0 Å². The molecule has 61 valence electrons. The molecule has 0 amide bonds. The molecule has 10 heavy (non-hydrogen) atoms. The van der Waals surface area contributed by atoms with Gasteiger partial charge in [0.1, 0.15) is 0 Å². The van der Waals surface area contributed by atoms with Gasteiger partial charge in [0.15, 0.2) is 0 Å². The van der Waals surface area contributed by atoms with Gasteiger partial charge in [-0.3, -0.25) is 0 Å². The summed E-state index contributed by atoms with van der Waals surface area (Å²) in [4.78, 5) is 0. The van der Waals surface area contributed by atoms with Gasteiger partial charge in [-0.05, 0) is 19.3 Å². The van der Waals surface area contributed by atoms with Crippen molar-refractivity contribution < 1.29 is 5.11 Å². The fourth-order valence-corrected chi connectivity index (χ4v) is 1.24. The fourth-order valence-electron chi connectivity index (χ4n) is 1.24. The number of hydrogen-bond donors (Lipinski definition) is 0. The monoisotopic (exact) mass is 143 g/mol. The predicted molar refractivity (Wildman–Crippen MR) is 43.5 cm³/mol. The molecule has 0 aliphatic heterocycles. The Balaban J connectivity index is 3.40. The molecule has 1 radical (unpaired) electrons. The lowest BCUT2D eigenvalue weighted by molar-refractivity contribution is 0.0458. The summed E-state index contributed by atoms with van der Waals surface area (Å²) < 4.78 is 0. The standard InChI is InChI=1S/C9H19O/c1-4-6-7-9(5-2)8(3)10/h8-9H,4-7H2,1-3H3. The summed E-state index contributed by atoms with van der Waals surface area (Å²) in [5.41, 5.74) is 0. The minimum Gasteiger partial charge on any atom is -0.233 e. The molecule has 1 nitrogen and oxygen atoms in total. The molecule has 0 rings (SSSR count). The molecule has 0 aromatic carbocycles. The zero-order chi connectivity index (χ0) is 7.98. The highest BCUT2D eigenvalue weighted by atomic mass is 16.3. The normalized spacial score (nSPS) is 16.8. The van der Waals surface area contributed by atoms with Crippen LogP contribution in [-0.4, -0.2) is 6.10 Å². The van der Waals surface area contributed by atoms with Gasteiger partial charge in [-0.25, -0.2) is 5.11 Å². The van der Waals surface area contributed by atoms with E-state index in [0.717, 1.165) is 12.8 Å². The highest BCUT2D eigenvalue weighted by molar-refractivity contribution is 4.61. The zero-order valence-electron chi connectivity index (χ0n) is 7.39. The predicted octanol–water partition coefficient (Wildman–Crippen LogP) is 3.02. The zero-order valence-corrected chi connectivity index (χ0v) is 7.39. The van der Waals surface area contributed by atoms with E-state index in [1.165, 1.54) is 12.8 Å². The maximum absolute atomic E-state index is 11.0. The molecule has 0 aliphatic rings. The van der Waals surface area contributed by atoms with Gasteiger partial charge in [0.25, 0.3) is 0 Å². The third kappa shape index (κ3) is 3.89. The third-order valence-corrected chi connectivity index (χ3v) is 2.12. The first kappa shape index (κ1) is 9.96. The van der Waals surface area contributed by atoms with Gasteiger partial charge in [0.2, 0.25) is 0 Å². The van der Waals surface area contributed by atoms with Crippen LogP contribution >= 0.6 is 0 Å². The molecule has 0 N–H and O–H groups in total. The minimum atomic E-state index is -0.364. The van der Waals surface area contributed by atoms with Gasteiger partial charge in [0, 0.05) is 0 Å². The van der Waals surface area contributed by atoms with Crippen molar-refractivity contribution in [3.05, 3.63) is 0 Å². The first-order chi connectivity index (χ1) is 4.72. The Labute approximate surface area is 64.5 Å². The van der Waals surface area contributed by atoms with E-state index >= 15 is 0 Å². The van der Waals surface area contributed by atoms with Crippen LogP contribution in [0, 0.1) is 5.92 Å². The van der Waals surface area contributed by atoms with E-state index in [1.807, 2.05) is 0 Å². The van der Waals surface area contributed by atoms with Gasteiger partial charge in [-0.2, -0.15) is 0 Å². The number of rotatable bonds is 5. The van der Waals surface area contributed by atoms with Crippen LogP contribution in [0.2, 0.25) is 0 Å². The maximum Gasteiger partial charge on any atom is 0.0930 e. The molecule has 0 aliphatic carbocycles. The smallest absolute Gasteiger partial charge is 0.0930 e. The van der Waals surface area contributed by atoms with Crippen molar-refractivity contribution in [1.82, 2.24) is 0 Å². The fraction of sp³-hybridized carbons (Fsp3) is 1.00. The molecule has 2 atom stereocenters. The first-order valence-electron chi connectivity index (χ1n) is 4.38. The Hall–Kier alpha value is -0.0400. The van der Waals surface area contributed by atoms with Crippen molar-refractivity contribution >= 4 is 0 Å². The second-order valence-corrected chi connectivity index (χ2v) is 3.02. The minimum absolute atomic E-state index is 0.364. The van der Waals surface area contributed by atoms with Crippen LogP contribution < -0.4 is 0 Å². The van der Waals surface area contributed by atoms with E-state index in [-0.39, 0.29) is 6.10 Å². The van der Waals surface area contributed by atoms with Crippen LogP contribution in [-0.2, 0) is 5.11 Å². The van der Waals surface area contributed by atoms with Crippen LogP contribution in [0.15, 0.2) is 0 Å². The Morgan fingerprint density at radius 1 is 1.30 bits per heavy atom. The van der Waals surface area contributed by atoms with Crippen molar-refractivity contribution in [3.8, 4) is 0 Å². The largest absolute Gasteiger partial charge is 0.233 e. The Bertz CT molecular complexity index is 69.1. The summed E-state index contributed by atoms with van der Waals surface area (Å²) >= 11 is 0. The number of hydrogen-bond acceptors (Lipinski definition) is 0. The Morgan fingerprint density at radius 3 is 2.20 bits per heavy atom. The SMILES string of the molecule is CCCCC(CC)C(C)[O]. The average molecular weight is 143 g/mol. The summed E-state index contributed by atoms with van der Waals surface area (Å²) in [5.74, 6) is 0.417. The van der Waals surface area contributed by atoms with Crippen LogP contribution in [0.4, 0.5) is 0 Å². The highest BCUT2D eigenvalue weighted by Gasteiger charge is 2.12. The molecule has 0 spiro atoms. The summed E-state index contributed by atoms with van der Waals surface area (Å²) in [6.07, 6.45) is 4.23. The summed E-state index contributed by atoms with van der Waals surface area (Å²) in [6.45, 7) is 6.06. The summed E-state index contributed by atoms with van der Waals surface area (Å²) in [5, 5.41) is 11.0. The van der Waals surface area contributed by atoms with Crippen LogP contribution in [0.1, 0.15) is 46.5 Å². The molecule has 2 unspecified atom stereocenters. The molecular weight excluding hydrogens is 124 g/mol. The molecular formula is C9H19O. The lowest BCUT2D eigenvalue weighted by Gasteiger charge is -2.14. The number of unbranched alkanes of at least 4 members (excludes halogenated alkanes) is 1. The molecule has 0 aromatic heterocycles. The van der Waals surface area contributed by atoms with Gasteiger partial charge >= 0.3 is 0 Å². The van der Waals surface area contributed by atoms with Crippen molar-refractivity contribution in [1.29, 1.82) is 0 Å². The van der Waals surface area contributed by atoms with Crippen LogP contribution in [0.3, 0.4) is 0 Å². The lowest BCUT2D eigenvalue weighted by Crippen LogP contribution is -2.13. The third-order valence-electron chi connectivity index (χ3n) is 2.12. The van der Waals surface area contributed by atoms with E-state index in [1.54, 1.807) is 6.92 Å². The van der Waals surface area contributed by atoms with Crippen molar-refractivity contribution in [3.63, 3.8) is 0 Å². The van der Waals surface area contributed by atoms with Crippen molar-refractivity contribution in [2.24, 2.45) is 5.92 Å². The Kier molecular flexibility index (Phi) is 5.70. The van der Waals surface area contributed by atoms with Crippen molar-refractivity contribution in [2.75, 3.05) is 0 Å². The molecule has 0 saturated carbocycles. The topological polar surface area (TPSA) is 19.9 Å². The van der Waals surface area contributed by atoms with E-state index in [2.05, 4.69) is 13.8 Å². The molecule has 0 heterocycles. The van der Waals surface area contributed by atoms with Gasteiger partial charge in [-0.1, -0.05) is 33.1 Å². The van der Waals surface area contributed by atoms with Gasteiger partial charge < -0.3 is 0 Å². The van der Waals surface area contributed by atoms with Crippen LogP contribution in [0.5, 0.6) is 0 Å². The van der Waals surface area contributed by atoms with E-state index < -0.39 is 0 Å². The van der Waals surface area contributed by atoms with E-state index in [9.17, 15) is 5.11 Å². The summed E-state index contributed by atoms with van der Waals surface area (Å²) in [7, 11) is 0. The van der Waals surface area contributed by atoms with Crippen LogP contribution in [0.25, 0.3) is 0 Å². The maximum atomic E-state index is 11.0. The second-order valence-electron chi connectivity index (χ2n) is 3.02. The molecule has 0 saturated heterocycles. The quantitative estimate of drug-likeness (QED) is 0.563.